The predicted octanol–water partition coefficient (Wildman–Crippen LogP) is 4.41. The van der Waals surface area contributed by atoms with Gasteiger partial charge in [-0.2, -0.15) is 0 Å². The summed E-state index contributed by atoms with van der Waals surface area (Å²) in [6.07, 6.45) is 11.0. The molecule has 2 aliphatic carbocycles. The Labute approximate surface area is 161 Å². The molecule has 26 heavy (non-hydrogen) atoms. The molecule has 1 aromatic rings. The van der Waals surface area contributed by atoms with Crippen molar-refractivity contribution in [3.63, 3.8) is 0 Å². The van der Waals surface area contributed by atoms with E-state index in [2.05, 4.69) is 10.2 Å². The number of amides is 1. The minimum atomic E-state index is -0.0286. The van der Waals surface area contributed by atoms with Gasteiger partial charge < -0.3 is 15.0 Å². The molecule has 1 saturated heterocycles. The molecular weight excluding hydrogens is 348 g/mol. The molecule has 0 radical (unpaired) electrons. The third-order valence-corrected chi connectivity index (χ3v) is 6.54. The number of nitrogens with one attached hydrogen (secondary N) is 1. The van der Waals surface area contributed by atoms with Crippen LogP contribution in [0.3, 0.4) is 0 Å². The van der Waals surface area contributed by atoms with E-state index in [4.69, 9.17) is 16.3 Å². The number of likely N-dealkylation sites (tertiary alicyclic amines) is 1. The molecule has 0 aromatic heterocycles. The van der Waals surface area contributed by atoms with E-state index >= 15 is 0 Å². The second-order valence-electron chi connectivity index (χ2n) is 8.04. The molecular formula is C21H29ClN2O2. The molecule has 5 heteroatoms. The first-order chi connectivity index (χ1) is 12.7. The lowest BCUT2D eigenvalue weighted by atomic mass is 9.90. The number of hydrogen-bond acceptors (Lipinski definition) is 3. The molecule has 1 aliphatic heterocycles. The van der Waals surface area contributed by atoms with Crippen LogP contribution in [-0.2, 0) is 0 Å². The van der Waals surface area contributed by atoms with Crippen molar-refractivity contribution in [2.45, 2.75) is 76.0 Å². The lowest BCUT2D eigenvalue weighted by Gasteiger charge is -2.41. The SMILES string of the molecule is O=C(NC1CCCC1)c1ccc(OC2CCN(C3CCC3)CC2)c(Cl)c1. The van der Waals surface area contributed by atoms with E-state index in [1.54, 1.807) is 6.07 Å². The van der Waals surface area contributed by atoms with Gasteiger partial charge in [-0.3, -0.25) is 4.79 Å². The molecule has 142 valence electrons. The summed E-state index contributed by atoms with van der Waals surface area (Å²) in [5.41, 5.74) is 0.619. The number of carbonyl (C=O) groups is 1. The summed E-state index contributed by atoms with van der Waals surface area (Å²) in [6.45, 7) is 2.24. The number of nitrogens with zero attached hydrogens (tertiary/aromatic N) is 1. The van der Waals surface area contributed by atoms with Crippen LogP contribution in [-0.4, -0.2) is 42.1 Å². The summed E-state index contributed by atoms with van der Waals surface area (Å²) in [7, 11) is 0. The molecule has 3 fully saturated rings. The number of carbonyl (C=O) groups excluding carboxylic acids is 1. The number of piperidine rings is 1. The fourth-order valence-corrected chi connectivity index (χ4v) is 4.59. The molecule has 1 N–H and O–H groups in total. The second-order valence-corrected chi connectivity index (χ2v) is 8.45. The Morgan fingerprint density at radius 2 is 1.77 bits per heavy atom. The Morgan fingerprint density at radius 1 is 1.04 bits per heavy atom. The van der Waals surface area contributed by atoms with Gasteiger partial charge in [-0.25, -0.2) is 0 Å². The van der Waals surface area contributed by atoms with Crippen LogP contribution < -0.4 is 10.1 Å². The van der Waals surface area contributed by atoms with Crippen molar-refractivity contribution >= 4 is 17.5 Å². The first-order valence-electron chi connectivity index (χ1n) is 10.2. The summed E-state index contributed by atoms with van der Waals surface area (Å²) in [6, 6.07) is 6.55. The van der Waals surface area contributed by atoms with Gasteiger partial charge in [-0.1, -0.05) is 30.9 Å². The van der Waals surface area contributed by atoms with Crippen LogP contribution in [0, 0.1) is 0 Å². The third-order valence-electron chi connectivity index (χ3n) is 6.25. The van der Waals surface area contributed by atoms with Crippen LogP contribution in [0.5, 0.6) is 5.75 Å². The minimum Gasteiger partial charge on any atom is -0.489 e. The van der Waals surface area contributed by atoms with Crippen LogP contribution in [0.25, 0.3) is 0 Å². The fraction of sp³-hybridized carbons (Fsp3) is 0.667. The number of hydrogen-bond donors (Lipinski definition) is 1. The highest BCUT2D eigenvalue weighted by atomic mass is 35.5. The zero-order valence-electron chi connectivity index (χ0n) is 15.4. The molecule has 3 aliphatic rings. The van der Waals surface area contributed by atoms with Gasteiger partial charge in [0.2, 0.25) is 0 Å². The highest BCUT2D eigenvalue weighted by Gasteiger charge is 2.29. The van der Waals surface area contributed by atoms with Gasteiger partial charge in [-0.15, -0.1) is 0 Å². The highest BCUT2D eigenvalue weighted by molar-refractivity contribution is 6.32. The van der Waals surface area contributed by atoms with Crippen molar-refractivity contribution in [1.29, 1.82) is 0 Å². The molecule has 0 bridgehead atoms. The monoisotopic (exact) mass is 376 g/mol. The third kappa shape index (κ3) is 4.17. The standard InChI is InChI=1S/C21H29ClN2O2/c22-19-14-15(21(25)23-16-4-1-2-5-16)8-9-20(19)26-18-10-12-24(13-11-18)17-6-3-7-17/h8-9,14,16-18H,1-7,10-13H2,(H,23,25). The first-order valence-corrected chi connectivity index (χ1v) is 10.6. The normalized spacial score (nSPS) is 23.0. The zero-order valence-corrected chi connectivity index (χ0v) is 16.1. The number of benzene rings is 1. The average molecular weight is 377 g/mol. The van der Waals surface area contributed by atoms with E-state index in [0.717, 1.165) is 44.8 Å². The number of ether oxygens (including phenoxy) is 1. The van der Waals surface area contributed by atoms with E-state index in [1.165, 1.54) is 32.1 Å². The molecule has 4 rings (SSSR count). The number of rotatable bonds is 5. The molecule has 1 heterocycles. The van der Waals surface area contributed by atoms with E-state index in [1.807, 2.05) is 12.1 Å². The van der Waals surface area contributed by atoms with Gasteiger partial charge in [0.1, 0.15) is 11.9 Å². The Hall–Kier alpha value is -1.26. The van der Waals surface area contributed by atoms with Crippen molar-refractivity contribution < 1.29 is 9.53 Å². The Morgan fingerprint density at radius 3 is 2.38 bits per heavy atom. The maximum absolute atomic E-state index is 12.4. The van der Waals surface area contributed by atoms with Crippen LogP contribution >= 0.6 is 11.6 Å². The Balaban J connectivity index is 1.30. The largest absolute Gasteiger partial charge is 0.489 e. The van der Waals surface area contributed by atoms with Gasteiger partial charge in [0.05, 0.1) is 5.02 Å². The molecule has 0 atom stereocenters. The van der Waals surface area contributed by atoms with Crippen LogP contribution in [0.15, 0.2) is 18.2 Å². The number of halogens is 1. The lowest BCUT2D eigenvalue weighted by Crippen LogP contribution is -2.46. The fourth-order valence-electron chi connectivity index (χ4n) is 4.37. The van der Waals surface area contributed by atoms with Gasteiger partial charge in [0.15, 0.2) is 0 Å². The summed E-state index contributed by atoms with van der Waals surface area (Å²) in [5.74, 6) is 0.672. The topological polar surface area (TPSA) is 41.6 Å². The first kappa shape index (κ1) is 18.1. The Kier molecular flexibility index (Phi) is 5.70. The van der Waals surface area contributed by atoms with Crippen molar-refractivity contribution in [2.24, 2.45) is 0 Å². The highest BCUT2D eigenvalue weighted by Crippen LogP contribution is 2.31. The van der Waals surface area contributed by atoms with E-state index in [-0.39, 0.29) is 12.0 Å². The van der Waals surface area contributed by atoms with Crippen molar-refractivity contribution in [3.05, 3.63) is 28.8 Å². The molecule has 0 spiro atoms. The maximum Gasteiger partial charge on any atom is 0.251 e. The molecule has 2 saturated carbocycles. The van der Waals surface area contributed by atoms with Crippen molar-refractivity contribution in [3.8, 4) is 5.75 Å². The van der Waals surface area contributed by atoms with Crippen molar-refractivity contribution in [2.75, 3.05) is 13.1 Å². The van der Waals surface area contributed by atoms with E-state index in [9.17, 15) is 4.79 Å². The average Bonchev–Trinajstić information content (AvgIpc) is 3.09. The Bertz CT molecular complexity index is 633. The summed E-state index contributed by atoms with van der Waals surface area (Å²) in [5, 5.41) is 3.64. The summed E-state index contributed by atoms with van der Waals surface area (Å²) in [4.78, 5) is 15.0. The molecule has 0 unspecified atom stereocenters. The van der Waals surface area contributed by atoms with Crippen LogP contribution in [0.2, 0.25) is 5.02 Å². The summed E-state index contributed by atoms with van der Waals surface area (Å²) < 4.78 is 6.14. The second kappa shape index (κ2) is 8.18. The zero-order chi connectivity index (χ0) is 17.9. The molecule has 1 amide bonds. The quantitative estimate of drug-likeness (QED) is 0.827. The summed E-state index contributed by atoms with van der Waals surface area (Å²) >= 11 is 6.40. The lowest BCUT2D eigenvalue weighted by molar-refractivity contribution is 0.0494. The van der Waals surface area contributed by atoms with Gasteiger partial charge in [-0.05, 0) is 56.7 Å². The van der Waals surface area contributed by atoms with E-state index < -0.39 is 0 Å². The molecule has 1 aromatic carbocycles. The minimum absolute atomic E-state index is 0.0286. The van der Waals surface area contributed by atoms with Gasteiger partial charge in [0.25, 0.3) is 5.91 Å². The smallest absolute Gasteiger partial charge is 0.251 e. The van der Waals surface area contributed by atoms with Crippen molar-refractivity contribution in [1.82, 2.24) is 10.2 Å². The van der Waals surface area contributed by atoms with Crippen LogP contribution in [0.4, 0.5) is 0 Å². The predicted molar refractivity (Wildman–Crippen MR) is 104 cm³/mol. The van der Waals surface area contributed by atoms with Gasteiger partial charge >= 0.3 is 0 Å². The van der Waals surface area contributed by atoms with Gasteiger partial charge in [0, 0.05) is 30.7 Å². The van der Waals surface area contributed by atoms with E-state index in [0.29, 0.717) is 22.4 Å². The molecule has 4 nitrogen and oxygen atoms in total. The van der Waals surface area contributed by atoms with Crippen LogP contribution in [0.1, 0.15) is 68.1 Å². The maximum atomic E-state index is 12.4.